The summed E-state index contributed by atoms with van der Waals surface area (Å²) in [5.41, 5.74) is 2.97. The van der Waals surface area contributed by atoms with Crippen molar-refractivity contribution in [2.45, 2.75) is 32.8 Å². The Labute approximate surface area is 91.5 Å². The molecule has 0 amide bonds. The maximum Gasteiger partial charge on any atom is 0.0841 e. The predicted octanol–water partition coefficient (Wildman–Crippen LogP) is 2.30. The smallest absolute Gasteiger partial charge is 0.0841 e. The van der Waals surface area contributed by atoms with Crippen LogP contribution in [0.1, 0.15) is 31.9 Å². The second-order valence-electron chi connectivity index (χ2n) is 4.73. The minimum Gasteiger partial charge on any atom is -0.386 e. The van der Waals surface area contributed by atoms with E-state index in [2.05, 4.69) is 24.0 Å². The molecule has 2 heteroatoms. The van der Waals surface area contributed by atoms with Crippen molar-refractivity contribution in [1.29, 1.82) is 0 Å². The van der Waals surface area contributed by atoms with Gasteiger partial charge in [0.1, 0.15) is 0 Å². The van der Waals surface area contributed by atoms with Gasteiger partial charge in [-0.15, -0.1) is 0 Å². The molecule has 0 bridgehead atoms. The van der Waals surface area contributed by atoms with Gasteiger partial charge in [0.15, 0.2) is 0 Å². The van der Waals surface area contributed by atoms with Crippen molar-refractivity contribution >= 4 is 5.69 Å². The lowest BCUT2D eigenvalue weighted by molar-refractivity contribution is 0.0786. The first-order valence-electron chi connectivity index (χ1n) is 5.63. The van der Waals surface area contributed by atoms with Crippen LogP contribution in [-0.2, 0) is 12.0 Å². The van der Waals surface area contributed by atoms with E-state index in [1.807, 2.05) is 19.9 Å². The zero-order valence-corrected chi connectivity index (χ0v) is 9.75. The lowest BCUT2D eigenvalue weighted by Crippen LogP contribution is -2.20. The van der Waals surface area contributed by atoms with Crippen molar-refractivity contribution in [2.75, 3.05) is 18.0 Å². The molecule has 0 fully saturated rings. The van der Waals surface area contributed by atoms with Crippen LogP contribution in [0.15, 0.2) is 18.2 Å². The van der Waals surface area contributed by atoms with Crippen LogP contribution in [0.2, 0.25) is 0 Å². The second-order valence-corrected chi connectivity index (χ2v) is 4.73. The molecule has 1 aromatic carbocycles. The highest BCUT2D eigenvalue weighted by Gasteiger charge is 2.22. The number of hydrogen-bond donors (Lipinski definition) is 1. The Morgan fingerprint density at radius 1 is 1.40 bits per heavy atom. The zero-order chi connectivity index (χ0) is 11.1. The molecule has 0 atom stereocenters. The first-order chi connectivity index (χ1) is 7.02. The Bertz CT molecular complexity index is 365. The summed E-state index contributed by atoms with van der Waals surface area (Å²) >= 11 is 0. The van der Waals surface area contributed by atoms with Gasteiger partial charge in [-0.1, -0.05) is 12.1 Å². The number of fused-ring (bicyclic) bond motifs is 1. The molecule has 0 saturated carbocycles. The zero-order valence-electron chi connectivity index (χ0n) is 9.75. The van der Waals surface area contributed by atoms with E-state index in [0.717, 1.165) is 25.1 Å². The van der Waals surface area contributed by atoms with Crippen molar-refractivity contribution in [1.82, 2.24) is 0 Å². The average molecular weight is 205 g/mol. The maximum atomic E-state index is 9.96. The van der Waals surface area contributed by atoms with Crippen LogP contribution < -0.4 is 4.90 Å². The van der Waals surface area contributed by atoms with Crippen molar-refractivity contribution < 1.29 is 5.11 Å². The third kappa shape index (κ3) is 1.86. The summed E-state index contributed by atoms with van der Waals surface area (Å²) < 4.78 is 0. The van der Waals surface area contributed by atoms with Crippen molar-refractivity contribution in [3.05, 3.63) is 29.3 Å². The number of anilines is 1. The standard InChI is InChI=1S/C13H19NO/c1-4-14-8-7-10-5-6-11(9-12(10)14)13(2,3)15/h5-6,9,15H,4,7-8H2,1-3H3. The molecule has 0 saturated heterocycles. The summed E-state index contributed by atoms with van der Waals surface area (Å²) in [5, 5.41) is 9.96. The van der Waals surface area contributed by atoms with Gasteiger partial charge >= 0.3 is 0 Å². The molecular weight excluding hydrogens is 186 g/mol. The number of rotatable bonds is 2. The van der Waals surface area contributed by atoms with Crippen LogP contribution in [-0.4, -0.2) is 18.2 Å². The number of nitrogens with zero attached hydrogens (tertiary/aromatic N) is 1. The molecule has 0 aromatic heterocycles. The Hall–Kier alpha value is -1.02. The van der Waals surface area contributed by atoms with Crippen LogP contribution in [0.3, 0.4) is 0 Å². The normalized spacial score (nSPS) is 15.6. The van der Waals surface area contributed by atoms with Crippen molar-refractivity contribution in [2.24, 2.45) is 0 Å². The Balaban J connectivity index is 2.41. The lowest BCUT2D eigenvalue weighted by atomic mass is 9.96. The molecular formula is C13H19NO. The van der Waals surface area contributed by atoms with E-state index in [0.29, 0.717) is 0 Å². The number of benzene rings is 1. The molecule has 1 aliphatic rings. The SMILES string of the molecule is CCN1CCc2ccc(C(C)(C)O)cc21. The van der Waals surface area contributed by atoms with Crippen molar-refractivity contribution in [3.63, 3.8) is 0 Å². The van der Waals surface area contributed by atoms with E-state index in [1.54, 1.807) is 0 Å². The first-order valence-corrected chi connectivity index (χ1v) is 5.63. The fraction of sp³-hybridized carbons (Fsp3) is 0.538. The van der Waals surface area contributed by atoms with Gasteiger partial charge in [-0.05, 0) is 44.4 Å². The van der Waals surface area contributed by atoms with Gasteiger partial charge in [0, 0.05) is 18.8 Å². The summed E-state index contributed by atoms with van der Waals surface area (Å²) in [4.78, 5) is 2.37. The van der Waals surface area contributed by atoms with Crippen LogP contribution >= 0.6 is 0 Å². The van der Waals surface area contributed by atoms with Gasteiger partial charge in [0.2, 0.25) is 0 Å². The van der Waals surface area contributed by atoms with Gasteiger partial charge in [-0.2, -0.15) is 0 Å². The largest absolute Gasteiger partial charge is 0.386 e. The molecule has 15 heavy (non-hydrogen) atoms. The topological polar surface area (TPSA) is 23.5 Å². The Morgan fingerprint density at radius 2 is 2.13 bits per heavy atom. The second kappa shape index (κ2) is 3.53. The molecule has 0 radical (unpaired) electrons. The third-order valence-electron chi connectivity index (χ3n) is 3.17. The quantitative estimate of drug-likeness (QED) is 0.800. The number of hydrogen-bond acceptors (Lipinski definition) is 2. The van der Waals surface area contributed by atoms with Crippen LogP contribution in [0.25, 0.3) is 0 Å². The monoisotopic (exact) mass is 205 g/mol. The van der Waals surface area contributed by atoms with E-state index in [4.69, 9.17) is 0 Å². The summed E-state index contributed by atoms with van der Waals surface area (Å²) in [6.45, 7) is 8.00. The van der Waals surface area contributed by atoms with Crippen molar-refractivity contribution in [3.8, 4) is 0 Å². The van der Waals surface area contributed by atoms with Gasteiger partial charge < -0.3 is 10.0 Å². The highest BCUT2D eigenvalue weighted by atomic mass is 16.3. The maximum absolute atomic E-state index is 9.96. The van der Waals surface area contributed by atoms with Gasteiger partial charge in [0.05, 0.1) is 5.60 Å². The molecule has 0 aliphatic carbocycles. The summed E-state index contributed by atoms with van der Waals surface area (Å²) in [6, 6.07) is 6.32. The highest BCUT2D eigenvalue weighted by molar-refractivity contribution is 5.60. The molecule has 0 spiro atoms. The predicted molar refractivity (Wildman–Crippen MR) is 63.3 cm³/mol. The van der Waals surface area contributed by atoms with Gasteiger partial charge in [-0.3, -0.25) is 0 Å². The summed E-state index contributed by atoms with van der Waals surface area (Å²) in [6.07, 6.45) is 1.13. The van der Waals surface area contributed by atoms with Gasteiger partial charge in [-0.25, -0.2) is 0 Å². The molecule has 1 aromatic rings. The third-order valence-corrected chi connectivity index (χ3v) is 3.17. The molecule has 1 heterocycles. The van der Waals surface area contributed by atoms with E-state index < -0.39 is 5.60 Å². The average Bonchev–Trinajstić information content (AvgIpc) is 2.57. The highest BCUT2D eigenvalue weighted by Crippen LogP contribution is 2.32. The lowest BCUT2D eigenvalue weighted by Gasteiger charge is -2.22. The fourth-order valence-electron chi connectivity index (χ4n) is 2.15. The Morgan fingerprint density at radius 3 is 2.73 bits per heavy atom. The first kappa shape index (κ1) is 10.5. The summed E-state index contributed by atoms with van der Waals surface area (Å²) in [7, 11) is 0. The molecule has 2 rings (SSSR count). The number of aliphatic hydroxyl groups is 1. The Kier molecular flexibility index (Phi) is 2.47. The van der Waals surface area contributed by atoms with Gasteiger partial charge in [0.25, 0.3) is 0 Å². The molecule has 1 N–H and O–H groups in total. The summed E-state index contributed by atoms with van der Waals surface area (Å²) in [5.74, 6) is 0. The minimum atomic E-state index is -0.739. The minimum absolute atomic E-state index is 0.739. The van der Waals surface area contributed by atoms with Crippen LogP contribution in [0.5, 0.6) is 0 Å². The van der Waals surface area contributed by atoms with E-state index in [-0.39, 0.29) is 0 Å². The van der Waals surface area contributed by atoms with Crippen LogP contribution in [0, 0.1) is 0 Å². The van der Waals surface area contributed by atoms with E-state index >= 15 is 0 Å². The molecule has 0 unspecified atom stereocenters. The molecule has 1 aliphatic heterocycles. The number of likely N-dealkylation sites (N-methyl/N-ethyl adjacent to an activating group) is 1. The van der Waals surface area contributed by atoms with E-state index in [9.17, 15) is 5.11 Å². The molecule has 82 valence electrons. The van der Waals surface area contributed by atoms with E-state index in [1.165, 1.54) is 11.3 Å². The molecule has 2 nitrogen and oxygen atoms in total. The van der Waals surface area contributed by atoms with Crippen LogP contribution in [0.4, 0.5) is 5.69 Å². The fourth-order valence-corrected chi connectivity index (χ4v) is 2.15.